The summed E-state index contributed by atoms with van der Waals surface area (Å²) >= 11 is 0. The van der Waals surface area contributed by atoms with E-state index in [9.17, 15) is 9.59 Å². The minimum atomic E-state index is -1.07. The molecule has 0 aliphatic heterocycles. The molecule has 0 saturated carbocycles. The zero-order valence-corrected chi connectivity index (χ0v) is 18.0. The van der Waals surface area contributed by atoms with Crippen LogP contribution in [0.3, 0.4) is 0 Å². The van der Waals surface area contributed by atoms with Crippen LogP contribution in [0.25, 0.3) is 0 Å². The smallest absolute Gasteiger partial charge is 0.308 e. The highest BCUT2D eigenvalue weighted by molar-refractivity contribution is 5.72. The van der Waals surface area contributed by atoms with Crippen molar-refractivity contribution in [2.24, 2.45) is 23.7 Å². The van der Waals surface area contributed by atoms with Crippen molar-refractivity contribution in [1.82, 2.24) is 0 Å². The molecule has 0 bridgehead atoms. The largest absolute Gasteiger partial charge is 0.481 e. The lowest BCUT2D eigenvalue weighted by atomic mass is 9.66. The molecule has 0 unspecified atom stereocenters. The highest BCUT2D eigenvalue weighted by atomic mass is 16.5. The molecule has 0 aromatic heterocycles. The van der Waals surface area contributed by atoms with E-state index in [1.807, 2.05) is 26.0 Å². The molecule has 4 N–H and O–H groups in total. The van der Waals surface area contributed by atoms with Crippen molar-refractivity contribution in [3.63, 3.8) is 0 Å². The first-order chi connectivity index (χ1) is 15.7. The molecule has 0 spiro atoms. The summed E-state index contributed by atoms with van der Waals surface area (Å²) in [5.74, 6) is -1.35. The van der Waals surface area contributed by atoms with Crippen LogP contribution in [-0.2, 0) is 14.3 Å². The third kappa shape index (κ3) is 6.65. The average molecular weight is 428 g/mol. The van der Waals surface area contributed by atoms with Crippen molar-refractivity contribution in [3.8, 4) is 0 Å². The van der Waals surface area contributed by atoms with Crippen molar-refractivity contribution in [3.05, 3.63) is 23.8 Å². The first kappa shape index (κ1) is 20.2. The van der Waals surface area contributed by atoms with Crippen LogP contribution < -0.4 is 0 Å². The molecular weight excluding hydrogens is 388 g/mol. The molecule has 0 aromatic rings. The number of carbonyl (C=O) groups is 2. The number of ether oxygens (including phenoxy) is 1. The lowest BCUT2D eigenvalue weighted by Gasteiger charge is -2.43. The predicted octanol–water partition coefficient (Wildman–Crippen LogP) is 2.44. The number of carboxylic acid groups (broad SMARTS) is 1. The van der Waals surface area contributed by atoms with Crippen molar-refractivity contribution < 1.29 is 34.8 Å². The van der Waals surface area contributed by atoms with Crippen molar-refractivity contribution in [2.45, 2.75) is 83.7 Å². The molecule has 0 amide bonds. The highest BCUT2D eigenvalue weighted by Gasteiger charge is 2.42. The maximum atomic E-state index is 12.6. The van der Waals surface area contributed by atoms with E-state index in [0.717, 1.165) is 5.57 Å². The van der Waals surface area contributed by atoms with Gasteiger partial charge in [0, 0.05) is 12.3 Å². The Balaban J connectivity index is 2.17. The number of carbonyl (C=O) groups excluding carboxylic acids is 1. The summed E-state index contributed by atoms with van der Waals surface area (Å²) in [7, 11) is 0. The van der Waals surface area contributed by atoms with Crippen LogP contribution in [0.15, 0.2) is 23.8 Å². The van der Waals surface area contributed by atoms with Gasteiger partial charge in [-0.05, 0) is 43.1 Å². The maximum Gasteiger partial charge on any atom is 0.308 e. The highest BCUT2D eigenvalue weighted by Crippen LogP contribution is 2.44. The molecule has 170 valence electrons. The lowest BCUT2D eigenvalue weighted by molar-refractivity contribution is -0.159. The fourth-order valence-corrected chi connectivity index (χ4v) is 4.47. The van der Waals surface area contributed by atoms with E-state index in [1.165, 1.54) is 0 Å². The summed E-state index contributed by atoms with van der Waals surface area (Å²) in [5, 5.41) is 23.1. The summed E-state index contributed by atoms with van der Waals surface area (Å²) in [6.07, 6.45) is 5.69. The predicted molar refractivity (Wildman–Crippen MR) is 111 cm³/mol. The SMILES string of the molecule is [2H]O[C@@H](CC[C@@H]1[C@@H]2C(=C[C@@H](O[2H])C[C@@H]2OC(=O)[C@@H](C)CC)C=C[C@@H]1C)C[C@H](CC(=O)O)O[2H]. The average Bonchev–Trinajstić information content (AvgIpc) is 2.80. The summed E-state index contributed by atoms with van der Waals surface area (Å²) in [6.45, 7) is 5.86. The fourth-order valence-electron chi connectivity index (χ4n) is 4.47. The fraction of sp³-hybridized carbons (Fsp3) is 0.739. The van der Waals surface area contributed by atoms with E-state index in [-0.39, 0.29) is 42.5 Å². The molecule has 0 fully saturated rings. The molecule has 30 heavy (non-hydrogen) atoms. The number of fused-ring (bicyclic) bond motifs is 1. The van der Waals surface area contributed by atoms with Gasteiger partial charge in [-0.3, -0.25) is 9.59 Å². The molecule has 2 aliphatic rings. The minimum Gasteiger partial charge on any atom is -0.481 e. The third-order valence-corrected chi connectivity index (χ3v) is 6.39. The van der Waals surface area contributed by atoms with Gasteiger partial charge in [0.2, 0.25) is 4.29 Å². The van der Waals surface area contributed by atoms with E-state index in [2.05, 4.69) is 18.1 Å². The van der Waals surface area contributed by atoms with Crippen LogP contribution in [0.2, 0.25) is 0 Å². The Hall–Kier alpha value is -1.70. The Kier molecular flexibility index (Phi) is 7.46. The van der Waals surface area contributed by atoms with Crippen LogP contribution >= 0.6 is 0 Å². The number of aliphatic carboxylic acids is 1. The quantitative estimate of drug-likeness (QED) is 0.333. The molecule has 0 heterocycles. The van der Waals surface area contributed by atoms with Crippen molar-refractivity contribution >= 4 is 11.9 Å². The second kappa shape index (κ2) is 11.1. The van der Waals surface area contributed by atoms with Crippen LogP contribution in [0.1, 0.15) is 59.3 Å². The topological polar surface area (TPSA) is 124 Å². The Morgan fingerprint density at radius 2 is 2.10 bits per heavy atom. The van der Waals surface area contributed by atoms with Gasteiger partial charge in [-0.25, -0.2) is 0 Å². The standard InChI is InChI=1S/C23H36O7/c1-4-13(2)23(29)30-20-11-17(25)9-15-6-5-14(3)19(22(15)20)8-7-16(24)10-18(26)12-21(27)28/h5-6,9,13-14,16-20,22,24-26H,4,7-8,10-12H2,1-3H3,(H,27,28)/t13-,14-,16-,17+,18+,19-,20-,22-/m0/s1/i24D,25D,26D. The van der Waals surface area contributed by atoms with Gasteiger partial charge >= 0.3 is 11.9 Å². The summed E-state index contributed by atoms with van der Waals surface area (Å²) < 4.78 is 27.8. The van der Waals surface area contributed by atoms with E-state index in [0.29, 0.717) is 25.7 Å². The second-order valence-electron chi connectivity index (χ2n) is 8.79. The normalized spacial score (nSPS) is 32.6. The van der Waals surface area contributed by atoms with E-state index in [4.69, 9.17) is 24.4 Å². The number of allylic oxidation sites excluding steroid dienone is 2. The molecule has 2 rings (SSSR count). The Morgan fingerprint density at radius 1 is 1.33 bits per heavy atom. The number of esters is 1. The molecule has 2 aliphatic carbocycles. The number of aliphatic hydroxyl groups is 3. The molecule has 0 saturated heterocycles. The summed E-state index contributed by atoms with van der Waals surface area (Å²) in [6, 6.07) is 0. The van der Waals surface area contributed by atoms with E-state index in [1.54, 1.807) is 0 Å². The van der Waals surface area contributed by atoms with Crippen LogP contribution in [-0.4, -0.2) is 61.1 Å². The van der Waals surface area contributed by atoms with Gasteiger partial charge in [0.05, 0.1) is 30.7 Å². The van der Waals surface area contributed by atoms with Crippen molar-refractivity contribution in [2.75, 3.05) is 0 Å². The van der Waals surface area contributed by atoms with Gasteiger partial charge in [0.1, 0.15) is 6.10 Å². The van der Waals surface area contributed by atoms with Gasteiger partial charge in [0.15, 0.2) is 0 Å². The number of rotatable bonds is 13. The van der Waals surface area contributed by atoms with E-state index >= 15 is 0 Å². The first-order valence-electron chi connectivity index (χ1n) is 12.1. The number of aliphatic hydroxyl groups excluding tert-OH is 3. The number of hydrogen-bond donors (Lipinski definition) is 4. The molecule has 0 radical (unpaired) electrons. The lowest BCUT2D eigenvalue weighted by Crippen LogP contribution is -2.43. The van der Waals surface area contributed by atoms with Gasteiger partial charge in [-0.2, -0.15) is 0 Å². The molecular formula is C23H36O7. The maximum absolute atomic E-state index is 12.6. The Bertz CT molecular complexity index is 714. The van der Waals surface area contributed by atoms with Gasteiger partial charge in [-0.1, -0.05) is 39.0 Å². The van der Waals surface area contributed by atoms with E-state index < -0.39 is 30.4 Å². The minimum absolute atomic E-state index is 0.0713. The van der Waals surface area contributed by atoms with Gasteiger partial charge in [0.25, 0.3) is 0 Å². The van der Waals surface area contributed by atoms with Crippen LogP contribution in [0.4, 0.5) is 0 Å². The Labute approximate surface area is 182 Å². The monoisotopic (exact) mass is 427 g/mol. The Morgan fingerprint density at radius 3 is 2.73 bits per heavy atom. The molecule has 8 atom stereocenters. The van der Waals surface area contributed by atoms with Gasteiger partial charge in [-0.15, -0.1) is 0 Å². The number of carboxylic acids is 1. The number of hydrogen-bond acceptors (Lipinski definition) is 6. The van der Waals surface area contributed by atoms with Crippen LogP contribution in [0.5, 0.6) is 0 Å². The first-order valence-corrected chi connectivity index (χ1v) is 10.9. The van der Waals surface area contributed by atoms with Crippen LogP contribution in [0, 0.1) is 23.7 Å². The zero-order chi connectivity index (χ0) is 24.5. The molecule has 0 aromatic carbocycles. The van der Waals surface area contributed by atoms with Crippen molar-refractivity contribution in [1.29, 1.82) is 4.29 Å². The second-order valence-corrected chi connectivity index (χ2v) is 8.79. The molecule has 7 heteroatoms. The molecule has 7 nitrogen and oxygen atoms in total. The zero-order valence-electron chi connectivity index (χ0n) is 21.0. The summed E-state index contributed by atoms with van der Waals surface area (Å²) in [4.78, 5) is 23.5. The summed E-state index contributed by atoms with van der Waals surface area (Å²) in [5.41, 5.74) is 0.977. The third-order valence-electron chi connectivity index (χ3n) is 6.39. The van der Waals surface area contributed by atoms with Gasteiger partial charge < -0.3 is 25.2 Å².